The lowest BCUT2D eigenvalue weighted by molar-refractivity contribution is -0.140. The number of hydrogen-bond acceptors (Lipinski definition) is 4. The van der Waals surface area contributed by atoms with Gasteiger partial charge in [0.05, 0.1) is 13.2 Å². The zero-order chi connectivity index (χ0) is 16.6. The van der Waals surface area contributed by atoms with E-state index in [0.717, 1.165) is 19.3 Å². The number of nitrogens with one attached hydrogen (secondary N) is 1. The molecule has 0 aliphatic heterocycles. The minimum absolute atomic E-state index is 0.278. The third kappa shape index (κ3) is 12.4. The number of rotatable bonds is 14. The van der Waals surface area contributed by atoms with Gasteiger partial charge in [-0.1, -0.05) is 64.7 Å². The van der Waals surface area contributed by atoms with Gasteiger partial charge >= 0.3 is 12.1 Å². The van der Waals surface area contributed by atoms with Crippen molar-refractivity contribution in [3.63, 3.8) is 0 Å². The first-order valence-electron chi connectivity index (χ1n) is 8.38. The maximum Gasteiger partial charge on any atom is 0.407 e. The lowest BCUT2D eigenvalue weighted by Gasteiger charge is -2.11. The zero-order valence-electron chi connectivity index (χ0n) is 13.7. The molecule has 0 rings (SSSR count). The molecule has 0 saturated heterocycles. The quantitative estimate of drug-likeness (QED) is 0.428. The molecule has 0 aromatic carbocycles. The molecular weight excluding hydrogens is 286 g/mol. The van der Waals surface area contributed by atoms with Gasteiger partial charge in [-0.2, -0.15) is 0 Å². The summed E-state index contributed by atoms with van der Waals surface area (Å²) in [5, 5.41) is 19.5. The fourth-order valence-electron chi connectivity index (χ4n) is 2.12. The van der Waals surface area contributed by atoms with E-state index in [9.17, 15) is 9.59 Å². The van der Waals surface area contributed by atoms with Gasteiger partial charge in [0.15, 0.2) is 6.04 Å². The second-order valence-electron chi connectivity index (χ2n) is 5.54. The van der Waals surface area contributed by atoms with Crippen molar-refractivity contribution in [3.05, 3.63) is 0 Å². The van der Waals surface area contributed by atoms with E-state index >= 15 is 0 Å². The Hall–Kier alpha value is -1.30. The van der Waals surface area contributed by atoms with E-state index in [-0.39, 0.29) is 6.61 Å². The highest BCUT2D eigenvalue weighted by atomic mass is 16.5. The van der Waals surface area contributed by atoms with Crippen LogP contribution in [0.15, 0.2) is 0 Å². The average molecular weight is 317 g/mol. The number of ether oxygens (including phenoxy) is 1. The molecule has 0 aliphatic carbocycles. The van der Waals surface area contributed by atoms with Gasteiger partial charge in [-0.05, 0) is 6.42 Å². The van der Waals surface area contributed by atoms with Crippen molar-refractivity contribution in [3.8, 4) is 0 Å². The second-order valence-corrected chi connectivity index (χ2v) is 5.54. The van der Waals surface area contributed by atoms with Gasteiger partial charge in [0.1, 0.15) is 0 Å². The number of alkyl carbamates (subject to hydrolysis) is 1. The smallest absolute Gasteiger partial charge is 0.407 e. The van der Waals surface area contributed by atoms with Crippen molar-refractivity contribution in [2.24, 2.45) is 0 Å². The number of aliphatic carboxylic acids is 1. The summed E-state index contributed by atoms with van der Waals surface area (Å²) in [6, 6.07) is -1.31. The molecule has 0 aromatic heterocycles. The summed E-state index contributed by atoms with van der Waals surface area (Å²) in [5.41, 5.74) is 0. The van der Waals surface area contributed by atoms with Crippen LogP contribution >= 0.6 is 0 Å². The molecule has 1 amide bonds. The van der Waals surface area contributed by atoms with Crippen LogP contribution in [0.25, 0.3) is 0 Å². The van der Waals surface area contributed by atoms with Crippen molar-refractivity contribution < 1.29 is 24.5 Å². The van der Waals surface area contributed by atoms with Crippen LogP contribution in [0, 0.1) is 0 Å². The fourth-order valence-corrected chi connectivity index (χ4v) is 2.12. The highest BCUT2D eigenvalue weighted by molar-refractivity contribution is 5.79. The molecule has 0 aromatic rings. The number of aliphatic hydroxyl groups is 1. The normalized spacial score (nSPS) is 11.9. The molecule has 1 atom stereocenters. The van der Waals surface area contributed by atoms with Gasteiger partial charge < -0.3 is 20.3 Å². The van der Waals surface area contributed by atoms with Crippen molar-refractivity contribution in [1.82, 2.24) is 5.32 Å². The van der Waals surface area contributed by atoms with E-state index in [1.165, 1.54) is 44.9 Å². The molecule has 0 bridgehead atoms. The van der Waals surface area contributed by atoms with Gasteiger partial charge in [-0.3, -0.25) is 0 Å². The van der Waals surface area contributed by atoms with Crippen molar-refractivity contribution >= 4 is 12.1 Å². The molecule has 0 saturated carbocycles. The number of carbonyl (C=O) groups excluding carboxylic acids is 1. The Kier molecular flexibility index (Phi) is 13.8. The summed E-state index contributed by atoms with van der Waals surface area (Å²) in [4.78, 5) is 21.9. The van der Waals surface area contributed by atoms with E-state index in [1.807, 2.05) is 0 Å². The SMILES string of the molecule is CCCCCCCCCCCCOC(=O)NC(CO)C(=O)O. The van der Waals surface area contributed by atoms with Gasteiger partial charge in [0.25, 0.3) is 0 Å². The van der Waals surface area contributed by atoms with Crippen LogP contribution in [0.2, 0.25) is 0 Å². The molecule has 6 heteroatoms. The van der Waals surface area contributed by atoms with Crippen LogP contribution in [0.1, 0.15) is 71.1 Å². The molecule has 0 radical (unpaired) electrons. The highest BCUT2D eigenvalue weighted by Crippen LogP contribution is 2.10. The van der Waals surface area contributed by atoms with Crippen LogP contribution in [0.5, 0.6) is 0 Å². The summed E-state index contributed by atoms with van der Waals surface area (Å²) < 4.78 is 4.87. The maximum atomic E-state index is 11.3. The molecule has 0 heterocycles. The van der Waals surface area contributed by atoms with Crippen molar-refractivity contribution in [2.45, 2.75) is 77.2 Å². The topological polar surface area (TPSA) is 95.9 Å². The van der Waals surface area contributed by atoms with Crippen LogP contribution < -0.4 is 5.32 Å². The molecule has 130 valence electrons. The molecule has 0 spiro atoms. The standard InChI is InChI=1S/C16H31NO5/c1-2-3-4-5-6-7-8-9-10-11-12-22-16(21)17-14(13-18)15(19)20/h14,18H,2-13H2,1H3,(H,17,21)(H,19,20). The summed E-state index contributed by atoms with van der Waals surface area (Å²) in [7, 11) is 0. The Morgan fingerprint density at radius 3 is 1.91 bits per heavy atom. The monoisotopic (exact) mass is 317 g/mol. The lowest BCUT2D eigenvalue weighted by atomic mass is 10.1. The minimum Gasteiger partial charge on any atom is -0.480 e. The third-order valence-electron chi connectivity index (χ3n) is 3.50. The predicted molar refractivity (Wildman–Crippen MR) is 84.8 cm³/mol. The Labute approximate surface area is 133 Å². The third-order valence-corrected chi connectivity index (χ3v) is 3.50. The zero-order valence-corrected chi connectivity index (χ0v) is 13.7. The Balaban J connectivity index is 3.35. The van der Waals surface area contributed by atoms with Crippen LogP contribution in [0.3, 0.4) is 0 Å². The number of hydrogen-bond donors (Lipinski definition) is 3. The molecular formula is C16H31NO5. The number of aliphatic hydroxyl groups excluding tert-OH is 1. The Bertz CT molecular complexity index is 296. The van der Waals surface area contributed by atoms with E-state index in [0.29, 0.717) is 0 Å². The van der Waals surface area contributed by atoms with Crippen molar-refractivity contribution in [2.75, 3.05) is 13.2 Å². The lowest BCUT2D eigenvalue weighted by Crippen LogP contribution is -2.43. The number of unbranched alkanes of at least 4 members (excludes halogenated alkanes) is 9. The molecule has 0 fully saturated rings. The van der Waals surface area contributed by atoms with E-state index < -0.39 is 24.7 Å². The maximum absolute atomic E-state index is 11.3. The number of carbonyl (C=O) groups is 2. The van der Waals surface area contributed by atoms with E-state index in [1.54, 1.807) is 0 Å². The number of amides is 1. The first-order valence-corrected chi connectivity index (χ1v) is 8.38. The summed E-state index contributed by atoms with van der Waals surface area (Å²) in [5.74, 6) is -1.28. The van der Waals surface area contributed by atoms with Crippen molar-refractivity contribution in [1.29, 1.82) is 0 Å². The van der Waals surface area contributed by atoms with Crippen LogP contribution in [-0.4, -0.2) is 41.5 Å². The molecule has 6 nitrogen and oxygen atoms in total. The van der Waals surface area contributed by atoms with Gasteiger partial charge in [-0.15, -0.1) is 0 Å². The summed E-state index contributed by atoms with van der Waals surface area (Å²) in [6.45, 7) is 1.84. The van der Waals surface area contributed by atoms with E-state index in [2.05, 4.69) is 12.2 Å². The van der Waals surface area contributed by atoms with Gasteiger partial charge in [0.2, 0.25) is 0 Å². The predicted octanol–water partition coefficient (Wildman–Crippen LogP) is 3.08. The van der Waals surface area contributed by atoms with Gasteiger partial charge in [0, 0.05) is 0 Å². The van der Waals surface area contributed by atoms with Gasteiger partial charge in [-0.25, -0.2) is 9.59 Å². The average Bonchev–Trinajstić information content (AvgIpc) is 2.50. The first-order chi connectivity index (χ1) is 10.6. The van der Waals surface area contributed by atoms with E-state index in [4.69, 9.17) is 14.9 Å². The molecule has 3 N–H and O–H groups in total. The molecule has 22 heavy (non-hydrogen) atoms. The largest absolute Gasteiger partial charge is 0.480 e. The first kappa shape index (κ1) is 20.7. The summed E-state index contributed by atoms with van der Waals surface area (Å²) >= 11 is 0. The Morgan fingerprint density at radius 2 is 1.45 bits per heavy atom. The summed E-state index contributed by atoms with van der Waals surface area (Å²) in [6.07, 6.45) is 11.2. The van der Waals surface area contributed by atoms with Crippen LogP contribution in [-0.2, 0) is 9.53 Å². The molecule has 0 aliphatic rings. The minimum atomic E-state index is -1.31. The number of carboxylic acids is 1. The highest BCUT2D eigenvalue weighted by Gasteiger charge is 2.19. The van der Waals surface area contributed by atoms with Crippen LogP contribution in [0.4, 0.5) is 4.79 Å². The number of carboxylic acid groups (broad SMARTS) is 1. The Morgan fingerprint density at radius 1 is 0.955 bits per heavy atom. The fraction of sp³-hybridized carbons (Fsp3) is 0.875. The second kappa shape index (κ2) is 14.6. The molecule has 1 unspecified atom stereocenters.